The summed E-state index contributed by atoms with van der Waals surface area (Å²) < 4.78 is 2.91. The molecule has 0 unspecified atom stereocenters. The van der Waals surface area contributed by atoms with Gasteiger partial charge in [-0.05, 0) is 29.8 Å². The molecule has 3 nitrogen and oxygen atoms in total. The van der Waals surface area contributed by atoms with Gasteiger partial charge in [0, 0.05) is 21.3 Å². The first-order valence-corrected chi connectivity index (χ1v) is 7.62. The zero-order valence-electron chi connectivity index (χ0n) is 11.1. The van der Waals surface area contributed by atoms with Crippen LogP contribution in [0.1, 0.15) is 5.56 Å². The molecule has 0 radical (unpaired) electrons. The van der Waals surface area contributed by atoms with Gasteiger partial charge in [0.2, 0.25) is 0 Å². The normalized spacial score (nSPS) is 10.8. The van der Waals surface area contributed by atoms with E-state index >= 15 is 0 Å². The van der Waals surface area contributed by atoms with Gasteiger partial charge in [0.1, 0.15) is 5.69 Å². The first-order chi connectivity index (χ1) is 10.1. The summed E-state index contributed by atoms with van der Waals surface area (Å²) in [5, 5.41) is 5.26. The maximum absolute atomic E-state index is 6.07. The van der Waals surface area contributed by atoms with Crippen LogP contribution in [0.4, 0.5) is 5.69 Å². The van der Waals surface area contributed by atoms with Crippen molar-refractivity contribution in [3.8, 4) is 11.3 Å². The maximum atomic E-state index is 6.07. The SMILES string of the molecule is Nc1cn(Cc2ccc(Br)cc2)nc1-c1ccc(Cl)cc1. The second-order valence-corrected chi connectivity index (χ2v) is 6.12. The number of hydrogen-bond donors (Lipinski definition) is 1. The molecule has 106 valence electrons. The molecule has 0 aliphatic carbocycles. The van der Waals surface area contributed by atoms with Gasteiger partial charge < -0.3 is 5.73 Å². The lowest BCUT2D eigenvalue weighted by molar-refractivity contribution is 0.689. The van der Waals surface area contributed by atoms with Gasteiger partial charge in [0.25, 0.3) is 0 Å². The van der Waals surface area contributed by atoms with Crippen LogP contribution in [-0.2, 0) is 6.54 Å². The van der Waals surface area contributed by atoms with Crippen molar-refractivity contribution in [2.45, 2.75) is 6.54 Å². The fourth-order valence-electron chi connectivity index (χ4n) is 2.13. The van der Waals surface area contributed by atoms with Crippen LogP contribution in [0.5, 0.6) is 0 Å². The standard InChI is InChI=1S/C16H13BrClN3/c17-13-5-1-11(2-6-13)9-21-10-15(19)16(20-21)12-3-7-14(18)8-4-12/h1-8,10H,9,19H2. The second kappa shape index (κ2) is 5.92. The molecule has 0 fully saturated rings. The van der Waals surface area contributed by atoms with Crippen molar-refractivity contribution in [3.05, 3.63) is 69.8 Å². The summed E-state index contributed by atoms with van der Waals surface area (Å²) in [5.74, 6) is 0. The Balaban J connectivity index is 1.87. The number of nitrogens with two attached hydrogens (primary N) is 1. The monoisotopic (exact) mass is 361 g/mol. The summed E-state index contributed by atoms with van der Waals surface area (Å²) in [4.78, 5) is 0. The molecule has 0 bridgehead atoms. The second-order valence-electron chi connectivity index (χ2n) is 4.76. The van der Waals surface area contributed by atoms with Crippen molar-refractivity contribution in [1.29, 1.82) is 0 Å². The Hall–Kier alpha value is -1.78. The highest BCUT2D eigenvalue weighted by Gasteiger charge is 2.09. The summed E-state index contributed by atoms with van der Waals surface area (Å²) >= 11 is 9.33. The Bertz CT molecular complexity index is 748. The minimum Gasteiger partial charge on any atom is -0.396 e. The molecule has 0 aliphatic heterocycles. The van der Waals surface area contributed by atoms with Crippen LogP contribution in [-0.4, -0.2) is 9.78 Å². The molecule has 21 heavy (non-hydrogen) atoms. The van der Waals surface area contributed by atoms with E-state index in [0.717, 1.165) is 15.7 Å². The van der Waals surface area contributed by atoms with Crippen LogP contribution < -0.4 is 5.73 Å². The average Bonchev–Trinajstić information content (AvgIpc) is 2.83. The maximum Gasteiger partial charge on any atom is 0.115 e. The lowest BCUT2D eigenvalue weighted by Crippen LogP contribution is -2.00. The van der Waals surface area contributed by atoms with Gasteiger partial charge in [-0.1, -0.05) is 51.8 Å². The molecule has 0 saturated carbocycles. The summed E-state index contributed by atoms with van der Waals surface area (Å²) in [6.07, 6.45) is 1.85. The predicted molar refractivity (Wildman–Crippen MR) is 90.3 cm³/mol. The Kier molecular flexibility index (Phi) is 3.99. The fraction of sp³-hybridized carbons (Fsp3) is 0.0625. The van der Waals surface area contributed by atoms with Gasteiger partial charge in [0.05, 0.1) is 12.2 Å². The minimum absolute atomic E-state index is 0.662. The minimum atomic E-state index is 0.662. The van der Waals surface area contributed by atoms with Gasteiger partial charge >= 0.3 is 0 Å². The lowest BCUT2D eigenvalue weighted by atomic mass is 10.1. The molecule has 2 N–H and O–H groups in total. The summed E-state index contributed by atoms with van der Waals surface area (Å²) in [6.45, 7) is 0.686. The number of nitrogens with zero attached hydrogens (tertiary/aromatic N) is 2. The summed E-state index contributed by atoms with van der Waals surface area (Å²) in [5.41, 5.74) is 9.64. The zero-order valence-corrected chi connectivity index (χ0v) is 13.5. The highest BCUT2D eigenvalue weighted by atomic mass is 79.9. The average molecular weight is 363 g/mol. The van der Waals surface area contributed by atoms with Gasteiger partial charge in [-0.2, -0.15) is 5.10 Å². The molecule has 0 aliphatic rings. The van der Waals surface area contributed by atoms with Crippen molar-refractivity contribution >= 4 is 33.2 Å². The van der Waals surface area contributed by atoms with Crippen LogP contribution in [0, 0.1) is 0 Å². The van der Waals surface area contributed by atoms with E-state index in [1.807, 2.05) is 47.3 Å². The number of halogens is 2. The number of nitrogen functional groups attached to an aromatic ring is 1. The van der Waals surface area contributed by atoms with E-state index < -0.39 is 0 Å². The van der Waals surface area contributed by atoms with Crippen LogP contribution in [0.2, 0.25) is 5.02 Å². The third kappa shape index (κ3) is 3.28. The topological polar surface area (TPSA) is 43.8 Å². The van der Waals surface area contributed by atoms with Gasteiger partial charge in [0.15, 0.2) is 0 Å². The molecule has 0 spiro atoms. The quantitative estimate of drug-likeness (QED) is 0.740. The van der Waals surface area contributed by atoms with Gasteiger partial charge in [-0.3, -0.25) is 4.68 Å². The Morgan fingerprint density at radius 3 is 2.38 bits per heavy atom. The molecular weight excluding hydrogens is 350 g/mol. The van der Waals surface area contributed by atoms with Crippen LogP contribution in [0.25, 0.3) is 11.3 Å². The van der Waals surface area contributed by atoms with Gasteiger partial charge in [-0.15, -0.1) is 0 Å². The van der Waals surface area contributed by atoms with E-state index in [9.17, 15) is 0 Å². The fourth-order valence-corrected chi connectivity index (χ4v) is 2.52. The van der Waals surface area contributed by atoms with E-state index in [1.165, 1.54) is 5.56 Å². The largest absolute Gasteiger partial charge is 0.396 e. The first kappa shape index (κ1) is 14.2. The molecule has 5 heteroatoms. The van der Waals surface area contributed by atoms with E-state index in [-0.39, 0.29) is 0 Å². The Morgan fingerprint density at radius 1 is 1.05 bits per heavy atom. The third-order valence-corrected chi connectivity index (χ3v) is 3.95. The Morgan fingerprint density at radius 2 is 1.71 bits per heavy atom. The molecule has 3 aromatic rings. The van der Waals surface area contributed by atoms with E-state index in [0.29, 0.717) is 17.3 Å². The highest BCUT2D eigenvalue weighted by Crippen LogP contribution is 2.25. The third-order valence-electron chi connectivity index (χ3n) is 3.17. The van der Waals surface area contributed by atoms with Crippen LogP contribution in [0.3, 0.4) is 0 Å². The molecule has 0 saturated heterocycles. The molecule has 0 amide bonds. The van der Waals surface area contributed by atoms with Crippen molar-refractivity contribution in [3.63, 3.8) is 0 Å². The van der Waals surface area contributed by atoms with Gasteiger partial charge in [-0.25, -0.2) is 0 Å². The number of anilines is 1. The zero-order chi connectivity index (χ0) is 14.8. The van der Waals surface area contributed by atoms with E-state index in [2.05, 4.69) is 33.2 Å². The van der Waals surface area contributed by atoms with Crippen molar-refractivity contribution in [2.75, 3.05) is 5.73 Å². The lowest BCUT2D eigenvalue weighted by Gasteiger charge is -2.02. The molecule has 1 heterocycles. The number of hydrogen-bond acceptors (Lipinski definition) is 2. The number of aromatic nitrogens is 2. The number of benzene rings is 2. The van der Waals surface area contributed by atoms with Crippen LogP contribution in [0.15, 0.2) is 59.2 Å². The predicted octanol–water partition coefficient (Wildman–Crippen LogP) is 4.60. The highest BCUT2D eigenvalue weighted by molar-refractivity contribution is 9.10. The van der Waals surface area contributed by atoms with Crippen molar-refractivity contribution in [2.24, 2.45) is 0 Å². The van der Waals surface area contributed by atoms with Crippen molar-refractivity contribution < 1.29 is 0 Å². The molecule has 1 aromatic heterocycles. The molecule has 0 atom stereocenters. The molecular formula is C16H13BrClN3. The first-order valence-electron chi connectivity index (χ1n) is 6.45. The smallest absolute Gasteiger partial charge is 0.115 e. The van der Waals surface area contributed by atoms with E-state index in [4.69, 9.17) is 17.3 Å². The summed E-state index contributed by atoms with van der Waals surface area (Å²) in [6, 6.07) is 15.7. The molecule has 2 aromatic carbocycles. The van der Waals surface area contributed by atoms with E-state index in [1.54, 1.807) is 0 Å². The summed E-state index contributed by atoms with van der Waals surface area (Å²) in [7, 11) is 0. The van der Waals surface area contributed by atoms with Crippen LogP contribution >= 0.6 is 27.5 Å². The van der Waals surface area contributed by atoms with Crippen molar-refractivity contribution in [1.82, 2.24) is 9.78 Å². The molecule has 3 rings (SSSR count). The number of rotatable bonds is 3. The Labute approximate surface area is 136 Å².